The normalized spacial score (nSPS) is 10.2. The van der Waals surface area contributed by atoms with Crippen LogP contribution in [-0.4, -0.2) is 36.6 Å². The van der Waals surface area contributed by atoms with Gasteiger partial charge in [0.05, 0.1) is 15.9 Å². The molecule has 5 nitrogen and oxygen atoms in total. The Hall–Kier alpha value is 0.860. The topological polar surface area (TPSA) is 83.5 Å². The van der Waals surface area contributed by atoms with Gasteiger partial charge in [0.2, 0.25) is 0 Å². The molecular formula is C4H6BrNaO5S. The van der Waals surface area contributed by atoms with Crippen molar-refractivity contribution < 1.29 is 52.1 Å². The molecule has 0 heterocycles. The van der Waals surface area contributed by atoms with Gasteiger partial charge in [0.15, 0.2) is 0 Å². The van der Waals surface area contributed by atoms with E-state index in [1.807, 2.05) is 0 Å². The minimum atomic E-state index is -4.27. The van der Waals surface area contributed by atoms with Gasteiger partial charge in [0.25, 0.3) is 0 Å². The standard InChI is InChI=1S/C4H7BrO5S.Na/c5-3-4(6)10-1-2-11(7,8)9;/h1-3H2,(H,7,8,9);/q;+1/p-1. The molecule has 0 aliphatic rings. The summed E-state index contributed by atoms with van der Waals surface area (Å²) in [6.07, 6.45) is 0. The number of hydrogen-bond acceptors (Lipinski definition) is 5. The number of carbonyl (C=O) groups excluding carboxylic acids is 1. The number of esters is 1. The van der Waals surface area contributed by atoms with Gasteiger partial charge in [-0.05, 0) is 0 Å². The molecule has 0 amide bonds. The van der Waals surface area contributed by atoms with Crippen molar-refractivity contribution in [1.82, 2.24) is 0 Å². The predicted molar refractivity (Wildman–Crippen MR) is 39.3 cm³/mol. The second-order valence-electron chi connectivity index (χ2n) is 1.62. The zero-order valence-electron chi connectivity index (χ0n) is 6.45. The van der Waals surface area contributed by atoms with Crippen LogP contribution < -0.4 is 29.6 Å². The number of carbonyl (C=O) groups is 1. The number of rotatable bonds is 4. The molecule has 0 aromatic heterocycles. The van der Waals surface area contributed by atoms with E-state index in [0.717, 1.165) is 0 Å². The van der Waals surface area contributed by atoms with Gasteiger partial charge in [0, 0.05) is 0 Å². The fourth-order valence-corrected chi connectivity index (χ4v) is 0.745. The summed E-state index contributed by atoms with van der Waals surface area (Å²) < 4.78 is 34.1. The third-order valence-electron chi connectivity index (χ3n) is 0.705. The number of alkyl halides is 1. The molecule has 0 aromatic rings. The Morgan fingerprint density at radius 2 is 2.00 bits per heavy atom. The minimum absolute atomic E-state index is 0. The van der Waals surface area contributed by atoms with Gasteiger partial charge >= 0.3 is 35.5 Å². The number of ether oxygens (including phenoxy) is 1. The molecule has 8 heteroatoms. The fourth-order valence-electron chi connectivity index (χ4n) is 0.296. The Balaban J connectivity index is 0. The Kier molecular flexibility index (Phi) is 9.31. The van der Waals surface area contributed by atoms with Gasteiger partial charge in [-0.15, -0.1) is 0 Å². The molecule has 0 radical (unpaired) electrons. The molecule has 0 atom stereocenters. The molecule has 0 N–H and O–H groups in total. The molecule has 0 unspecified atom stereocenters. The van der Waals surface area contributed by atoms with Gasteiger partial charge in [-0.3, -0.25) is 4.79 Å². The maximum absolute atomic E-state index is 10.3. The molecule has 66 valence electrons. The van der Waals surface area contributed by atoms with Crippen molar-refractivity contribution in [2.24, 2.45) is 0 Å². The van der Waals surface area contributed by atoms with E-state index in [4.69, 9.17) is 0 Å². The van der Waals surface area contributed by atoms with E-state index in [1.54, 1.807) is 0 Å². The maximum atomic E-state index is 10.3. The van der Waals surface area contributed by atoms with E-state index >= 15 is 0 Å². The molecule has 0 spiro atoms. The monoisotopic (exact) mass is 268 g/mol. The van der Waals surface area contributed by atoms with Crippen molar-refractivity contribution in [3.05, 3.63) is 0 Å². The average molecular weight is 269 g/mol. The molecule has 0 aliphatic carbocycles. The van der Waals surface area contributed by atoms with Crippen molar-refractivity contribution in [1.29, 1.82) is 0 Å². The molecule has 0 saturated heterocycles. The van der Waals surface area contributed by atoms with Crippen LogP contribution in [0.1, 0.15) is 0 Å². The quantitative estimate of drug-likeness (QED) is 0.228. The van der Waals surface area contributed by atoms with Crippen LogP contribution >= 0.6 is 15.9 Å². The number of hydrogen-bond donors (Lipinski definition) is 0. The van der Waals surface area contributed by atoms with Crippen LogP contribution in [0.25, 0.3) is 0 Å². The largest absolute Gasteiger partial charge is 1.00 e. The van der Waals surface area contributed by atoms with Crippen molar-refractivity contribution >= 4 is 32.0 Å². The van der Waals surface area contributed by atoms with Crippen molar-refractivity contribution in [2.45, 2.75) is 0 Å². The first-order chi connectivity index (χ1) is 4.95. The molecule has 0 saturated carbocycles. The van der Waals surface area contributed by atoms with Crippen LogP contribution in [0.5, 0.6) is 0 Å². The third kappa shape index (κ3) is 10.9. The van der Waals surface area contributed by atoms with Crippen molar-refractivity contribution in [2.75, 3.05) is 17.7 Å². The Morgan fingerprint density at radius 1 is 1.50 bits per heavy atom. The second kappa shape index (κ2) is 7.28. The second-order valence-corrected chi connectivity index (χ2v) is 3.70. The molecule has 0 aliphatic heterocycles. The summed E-state index contributed by atoms with van der Waals surface area (Å²) in [5.74, 6) is -1.26. The summed E-state index contributed by atoms with van der Waals surface area (Å²) in [5, 5.41) is -0.00803. The van der Waals surface area contributed by atoms with Gasteiger partial charge in [-0.25, -0.2) is 8.42 Å². The Bertz CT molecular complexity index is 226. The summed E-state index contributed by atoms with van der Waals surface area (Å²) in [6, 6.07) is 0. The average Bonchev–Trinajstić information content (AvgIpc) is 1.85. The van der Waals surface area contributed by atoms with E-state index < -0.39 is 21.8 Å². The van der Waals surface area contributed by atoms with Crippen LogP contribution in [0.4, 0.5) is 0 Å². The summed E-state index contributed by atoms with van der Waals surface area (Å²) in [7, 11) is -4.27. The van der Waals surface area contributed by atoms with Gasteiger partial charge in [-0.1, -0.05) is 15.9 Å². The zero-order chi connectivity index (χ0) is 8.91. The van der Waals surface area contributed by atoms with Crippen LogP contribution in [0, 0.1) is 0 Å². The van der Waals surface area contributed by atoms with E-state index in [-0.39, 0.29) is 41.5 Å². The summed E-state index contributed by atoms with van der Waals surface area (Å²) in [6.45, 7) is -0.379. The minimum Gasteiger partial charge on any atom is -0.748 e. The van der Waals surface area contributed by atoms with Crippen molar-refractivity contribution in [3.63, 3.8) is 0 Å². The summed E-state index contributed by atoms with van der Waals surface area (Å²) >= 11 is 2.79. The molecule has 0 rings (SSSR count). The first-order valence-corrected chi connectivity index (χ1v) is 5.31. The SMILES string of the molecule is O=C(CBr)OCCS(=O)(=O)[O-].[Na+]. The summed E-state index contributed by atoms with van der Waals surface area (Å²) in [4.78, 5) is 10.3. The maximum Gasteiger partial charge on any atom is 1.00 e. The molecule has 0 fully saturated rings. The van der Waals surface area contributed by atoms with Gasteiger partial charge in [-0.2, -0.15) is 0 Å². The third-order valence-corrected chi connectivity index (χ3v) is 1.83. The molecule has 0 bridgehead atoms. The summed E-state index contributed by atoms with van der Waals surface area (Å²) in [5.41, 5.74) is 0. The van der Waals surface area contributed by atoms with Gasteiger partial charge < -0.3 is 9.29 Å². The molecule has 0 aromatic carbocycles. The van der Waals surface area contributed by atoms with Crippen LogP contribution in [-0.2, 0) is 19.6 Å². The van der Waals surface area contributed by atoms with E-state index in [2.05, 4.69) is 20.7 Å². The van der Waals surface area contributed by atoms with E-state index in [9.17, 15) is 17.8 Å². The smallest absolute Gasteiger partial charge is 0.748 e. The Labute approximate surface area is 101 Å². The van der Waals surface area contributed by atoms with Crippen LogP contribution in [0.3, 0.4) is 0 Å². The molecule has 12 heavy (non-hydrogen) atoms. The molecular weight excluding hydrogens is 263 g/mol. The van der Waals surface area contributed by atoms with Crippen LogP contribution in [0.2, 0.25) is 0 Å². The Morgan fingerprint density at radius 3 is 2.33 bits per heavy atom. The van der Waals surface area contributed by atoms with Gasteiger partial charge in [0.1, 0.15) is 11.9 Å². The first-order valence-electron chi connectivity index (χ1n) is 2.61. The first kappa shape index (κ1) is 15.3. The number of halogens is 1. The van der Waals surface area contributed by atoms with E-state index in [0.29, 0.717) is 0 Å². The zero-order valence-corrected chi connectivity index (χ0v) is 10.9. The van der Waals surface area contributed by atoms with Crippen LogP contribution in [0.15, 0.2) is 0 Å². The van der Waals surface area contributed by atoms with E-state index in [1.165, 1.54) is 0 Å². The predicted octanol–water partition coefficient (Wildman–Crippen LogP) is -3.53. The van der Waals surface area contributed by atoms with Crippen molar-refractivity contribution in [3.8, 4) is 0 Å². The fraction of sp³-hybridized carbons (Fsp3) is 0.750.